The van der Waals surface area contributed by atoms with Gasteiger partial charge in [0.25, 0.3) is 5.56 Å². The van der Waals surface area contributed by atoms with Crippen LogP contribution in [0.3, 0.4) is 0 Å². The molecule has 3 aromatic rings. The maximum atomic E-state index is 12.6. The van der Waals surface area contributed by atoms with Gasteiger partial charge in [0.1, 0.15) is 6.54 Å². The van der Waals surface area contributed by atoms with Gasteiger partial charge in [-0.2, -0.15) is 0 Å². The number of nitrogens with zero attached hydrogens (tertiary/aromatic N) is 5. The van der Waals surface area contributed by atoms with E-state index in [2.05, 4.69) is 15.2 Å². The van der Waals surface area contributed by atoms with Crippen molar-refractivity contribution < 1.29 is 9.53 Å². The summed E-state index contributed by atoms with van der Waals surface area (Å²) in [4.78, 5) is 43.5. The molecule has 1 aliphatic heterocycles. The number of nitrogens with one attached hydrogen (secondary N) is 1. The molecule has 10 heteroatoms. The molecule has 0 aliphatic carbocycles. The fourth-order valence-electron chi connectivity index (χ4n) is 3.98. The molecule has 1 aromatic carbocycles. The molecule has 1 N–H and O–H groups in total. The molecule has 2 aromatic heterocycles. The number of hydrogen-bond acceptors (Lipinski definition) is 6. The number of hydrogen-bond donors (Lipinski definition) is 1. The Hall–Kier alpha value is -3.40. The summed E-state index contributed by atoms with van der Waals surface area (Å²) >= 11 is 0. The topological polar surface area (TPSA) is 103 Å². The van der Waals surface area contributed by atoms with Gasteiger partial charge in [0.05, 0.1) is 12.4 Å². The third kappa shape index (κ3) is 3.98. The number of rotatable bonds is 5. The third-order valence-electron chi connectivity index (χ3n) is 5.82. The number of carbonyl (C=O) groups excluding carboxylic acids is 1. The molecule has 3 heterocycles. The number of ether oxygens (including phenoxy) is 1. The lowest BCUT2D eigenvalue weighted by Gasteiger charge is -2.33. The first-order valence-electron chi connectivity index (χ1n) is 10.2. The van der Waals surface area contributed by atoms with Gasteiger partial charge >= 0.3 is 5.69 Å². The lowest BCUT2D eigenvalue weighted by atomic mass is 10.1. The summed E-state index contributed by atoms with van der Waals surface area (Å²) in [7, 11) is 4.70. The Labute approximate surface area is 178 Å². The number of carbonyl (C=O) groups is 1. The standard InChI is InChI=1S/C21H26N6O4/c1-24-19-18(20(29)25(2)21(24)30)27(13-22-19)12-17(28)23-14-4-6-15(7-5-14)26-10-8-16(31-3)9-11-26/h4-7,13,16H,8-12H2,1-3H3,(H,23,28). The number of piperidine rings is 1. The number of imidazole rings is 1. The molecule has 0 atom stereocenters. The first-order valence-corrected chi connectivity index (χ1v) is 10.2. The largest absolute Gasteiger partial charge is 0.381 e. The summed E-state index contributed by atoms with van der Waals surface area (Å²) in [6, 6.07) is 7.70. The normalized spacial score (nSPS) is 14.9. The van der Waals surface area contributed by atoms with Crippen LogP contribution in [0.5, 0.6) is 0 Å². The summed E-state index contributed by atoms with van der Waals surface area (Å²) < 4.78 is 9.17. The zero-order valence-electron chi connectivity index (χ0n) is 17.9. The monoisotopic (exact) mass is 426 g/mol. The average molecular weight is 426 g/mol. The Kier molecular flexibility index (Phi) is 5.64. The summed E-state index contributed by atoms with van der Waals surface area (Å²) in [6.07, 6.45) is 3.73. The van der Waals surface area contributed by atoms with E-state index in [4.69, 9.17) is 4.74 Å². The molecule has 164 valence electrons. The Morgan fingerprint density at radius 2 is 1.81 bits per heavy atom. The number of anilines is 2. The van der Waals surface area contributed by atoms with Gasteiger partial charge in [-0.1, -0.05) is 0 Å². The molecule has 10 nitrogen and oxygen atoms in total. The number of aromatic nitrogens is 4. The highest BCUT2D eigenvalue weighted by Gasteiger charge is 2.19. The van der Waals surface area contributed by atoms with Gasteiger partial charge in [-0.05, 0) is 37.1 Å². The van der Waals surface area contributed by atoms with E-state index in [1.807, 2.05) is 24.3 Å². The van der Waals surface area contributed by atoms with Gasteiger partial charge in [0.15, 0.2) is 11.2 Å². The fourth-order valence-corrected chi connectivity index (χ4v) is 3.98. The second-order valence-electron chi connectivity index (χ2n) is 7.77. The van der Waals surface area contributed by atoms with Gasteiger partial charge in [-0.15, -0.1) is 0 Å². The Bertz CT molecular complexity index is 1220. The summed E-state index contributed by atoms with van der Waals surface area (Å²) in [5.74, 6) is -0.288. The van der Waals surface area contributed by atoms with E-state index in [1.54, 1.807) is 14.2 Å². The second kappa shape index (κ2) is 8.38. The summed E-state index contributed by atoms with van der Waals surface area (Å²) in [5, 5.41) is 2.85. The third-order valence-corrected chi connectivity index (χ3v) is 5.82. The van der Waals surface area contributed by atoms with Crippen LogP contribution in [0.1, 0.15) is 12.8 Å². The van der Waals surface area contributed by atoms with Crippen LogP contribution < -0.4 is 21.5 Å². The van der Waals surface area contributed by atoms with Gasteiger partial charge in [0.2, 0.25) is 5.91 Å². The van der Waals surface area contributed by atoms with Crippen molar-refractivity contribution in [3.63, 3.8) is 0 Å². The van der Waals surface area contributed by atoms with Crippen LogP contribution in [0.4, 0.5) is 11.4 Å². The minimum atomic E-state index is -0.481. The van der Waals surface area contributed by atoms with Crippen LogP contribution in [-0.4, -0.2) is 50.9 Å². The molecule has 0 saturated carbocycles. The van der Waals surface area contributed by atoms with Crippen molar-refractivity contribution in [1.82, 2.24) is 18.7 Å². The molecule has 1 amide bonds. The SMILES string of the molecule is COC1CCN(c2ccc(NC(=O)Cn3cnc4c3c(=O)n(C)c(=O)n4C)cc2)CC1. The number of benzene rings is 1. The molecule has 4 rings (SSSR count). The van der Waals surface area contributed by atoms with Crippen molar-refractivity contribution in [3.05, 3.63) is 51.4 Å². The Morgan fingerprint density at radius 1 is 1.13 bits per heavy atom. The van der Waals surface area contributed by atoms with E-state index < -0.39 is 11.2 Å². The van der Waals surface area contributed by atoms with Gasteiger partial charge in [0, 0.05) is 45.7 Å². The lowest BCUT2D eigenvalue weighted by Crippen LogP contribution is -2.37. The van der Waals surface area contributed by atoms with E-state index >= 15 is 0 Å². The van der Waals surface area contributed by atoms with Crippen LogP contribution >= 0.6 is 0 Å². The number of amides is 1. The van der Waals surface area contributed by atoms with Gasteiger partial charge in [-0.25, -0.2) is 9.78 Å². The van der Waals surface area contributed by atoms with E-state index in [0.29, 0.717) is 11.8 Å². The molecule has 1 saturated heterocycles. The molecule has 0 radical (unpaired) electrons. The Balaban J connectivity index is 1.45. The smallest absolute Gasteiger partial charge is 0.332 e. The van der Waals surface area contributed by atoms with Crippen molar-refractivity contribution in [1.29, 1.82) is 0 Å². The molecule has 0 bridgehead atoms. The molecule has 0 unspecified atom stereocenters. The van der Waals surface area contributed by atoms with E-state index in [0.717, 1.165) is 36.2 Å². The molecule has 31 heavy (non-hydrogen) atoms. The number of aryl methyl sites for hydroxylation is 1. The summed E-state index contributed by atoms with van der Waals surface area (Å²) in [5.41, 5.74) is 1.31. The molecule has 1 fully saturated rings. The van der Waals surface area contributed by atoms with Crippen molar-refractivity contribution in [2.45, 2.75) is 25.5 Å². The first-order chi connectivity index (χ1) is 14.9. The fraction of sp³-hybridized carbons (Fsp3) is 0.429. The van der Waals surface area contributed by atoms with Gasteiger partial charge in [-0.3, -0.25) is 18.7 Å². The van der Waals surface area contributed by atoms with Gasteiger partial charge < -0.3 is 19.5 Å². The van der Waals surface area contributed by atoms with Crippen molar-refractivity contribution in [3.8, 4) is 0 Å². The van der Waals surface area contributed by atoms with Crippen molar-refractivity contribution >= 4 is 28.4 Å². The zero-order chi connectivity index (χ0) is 22.1. The van der Waals surface area contributed by atoms with E-state index in [9.17, 15) is 14.4 Å². The molecular formula is C21H26N6O4. The highest BCUT2D eigenvalue weighted by molar-refractivity contribution is 5.91. The number of fused-ring (bicyclic) bond motifs is 1. The molecular weight excluding hydrogens is 400 g/mol. The summed E-state index contributed by atoms with van der Waals surface area (Å²) in [6.45, 7) is 1.79. The molecule has 0 spiro atoms. The predicted molar refractivity (Wildman–Crippen MR) is 118 cm³/mol. The van der Waals surface area contributed by atoms with Crippen LogP contribution in [0.2, 0.25) is 0 Å². The minimum absolute atomic E-state index is 0.0871. The minimum Gasteiger partial charge on any atom is -0.381 e. The van der Waals surface area contributed by atoms with Crippen LogP contribution in [0, 0.1) is 0 Å². The molecule has 1 aliphatic rings. The highest BCUT2D eigenvalue weighted by atomic mass is 16.5. The van der Waals surface area contributed by atoms with Crippen LogP contribution in [-0.2, 0) is 30.2 Å². The van der Waals surface area contributed by atoms with E-state index in [-0.39, 0.29) is 23.6 Å². The van der Waals surface area contributed by atoms with E-state index in [1.165, 1.54) is 22.5 Å². The van der Waals surface area contributed by atoms with Crippen molar-refractivity contribution in [2.24, 2.45) is 14.1 Å². The highest BCUT2D eigenvalue weighted by Crippen LogP contribution is 2.23. The predicted octanol–water partition coefficient (Wildman–Crippen LogP) is 0.688. The van der Waals surface area contributed by atoms with Crippen molar-refractivity contribution in [2.75, 3.05) is 30.4 Å². The average Bonchev–Trinajstić information content (AvgIpc) is 3.20. The van der Waals surface area contributed by atoms with Crippen LogP contribution in [0.25, 0.3) is 11.2 Å². The Morgan fingerprint density at radius 3 is 2.45 bits per heavy atom. The number of methoxy groups -OCH3 is 1. The maximum Gasteiger partial charge on any atom is 0.332 e. The zero-order valence-corrected chi connectivity index (χ0v) is 17.9. The quantitative estimate of drug-likeness (QED) is 0.644. The van der Waals surface area contributed by atoms with Crippen LogP contribution in [0.15, 0.2) is 40.2 Å². The first kappa shape index (κ1) is 20.9. The maximum absolute atomic E-state index is 12.6. The second-order valence-corrected chi connectivity index (χ2v) is 7.77. The lowest BCUT2D eigenvalue weighted by molar-refractivity contribution is -0.116.